The van der Waals surface area contributed by atoms with Gasteiger partial charge in [-0.25, -0.2) is 0 Å². The molecular formula is C20H32IN5O. The first kappa shape index (κ1) is 21.8. The van der Waals surface area contributed by atoms with Crippen molar-refractivity contribution in [1.29, 1.82) is 0 Å². The van der Waals surface area contributed by atoms with Crippen molar-refractivity contribution in [3.63, 3.8) is 0 Å². The van der Waals surface area contributed by atoms with Gasteiger partial charge in [0.15, 0.2) is 5.96 Å². The van der Waals surface area contributed by atoms with Crippen LogP contribution in [0, 0.1) is 0 Å². The molecule has 2 saturated heterocycles. The second-order valence-corrected chi connectivity index (χ2v) is 6.88. The molecule has 0 aromatic heterocycles. The fourth-order valence-electron chi connectivity index (χ4n) is 3.62. The largest absolute Gasteiger partial charge is 0.368 e. The highest BCUT2D eigenvalue weighted by Gasteiger charge is 2.21. The Labute approximate surface area is 180 Å². The number of amides is 1. The summed E-state index contributed by atoms with van der Waals surface area (Å²) >= 11 is 0. The van der Waals surface area contributed by atoms with Crippen LogP contribution < -0.4 is 10.2 Å². The molecule has 2 aliphatic rings. The average molecular weight is 485 g/mol. The Morgan fingerprint density at radius 3 is 2.30 bits per heavy atom. The van der Waals surface area contributed by atoms with Gasteiger partial charge in [0, 0.05) is 57.9 Å². The van der Waals surface area contributed by atoms with Crippen LogP contribution in [0.25, 0.3) is 0 Å². The minimum atomic E-state index is 0. The van der Waals surface area contributed by atoms with E-state index in [-0.39, 0.29) is 29.9 Å². The van der Waals surface area contributed by atoms with Gasteiger partial charge < -0.3 is 20.0 Å². The van der Waals surface area contributed by atoms with Crippen LogP contribution in [-0.2, 0) is 4.79 Å². The molecule has 0 saturated carbocycles. The number of likely N-dealkylation sites (tertiary alicyclic amines) is 1. The fraction of sp³-hybridized carbons (Fsp3) is 0.600. The quantitative estimate of drug-likeness (QED) is 0.396. The van der Waals surface area contributed by atoms with Crippen LogP contribution in [0.3, 0.4) is 0 Å². The average Bonchev–Trinajstić information content (AvgIpc) is 3.23. The Morgan fingerprint density at radius 1 is 1.00 bits per heavy atom. The summed E-state index contributed by atoms with van der Waals surface area (Å²) in [6, 6.07) is 10.4. The van der Waals surface area contributed by atoms with E-state index in [1.54, 1.807) is 0 Å². The van der Waals surface area contributed by atoms with Crippen LogP contribution in [0.2, 0.25) is 0 Å². The fourth-order valence-corrected chi connectivity index (χ4v) is 3.62. The summed E-state index contributed by atoms with van der Waals surface area (Å²) in [4.78, 5) is 23.8. The lowest BCUT2D eigenvalue weighted by Gasteiger charge is -2.36. The van der Waals surface area contributed by atoms with E-state index in [9.17, 15) is 4.79 Å². The van der Waals surface area contributed by atoms with Gasteiger partial charge in [-0.3, -0.25) is 9.79 Å². The van der Waals surface area contributed by atoms with E-state index in [1.165, 1.54) is 18.5 Å². The summed E-state index contributed by atoms with van der Waals surface area (Å²) < 4.78 is 0. The molecule has 0 radical (unpaired) electrons. The number of carbonyl (C=O) groups excluding carboxylic acids is 1. The van der Waals surface area contributed by atoms with E-state index in [1.807, 2.05) is 11.0 Å². The van der Waals surface area contributed by atoms with Gasteiger partial charge in [-0.05, 0) is 31.9 Å². The van der Waals surface area contributed by atoms with E-state index in [0.29, 0.717) is 13.0 Å². The zero-order valence-electron chi connectivity index (χ0n) is 16.3. The third-order valence-corrected chi connectivity index (χ3v) is 5.08. The number of aliphatic imine (C=N–C) groups is 1. The molecule has 2 aliphatic heterocycles. The van der Waals surface area contributed by atoms with Gasteiger partial charge in [0.25, 0.3) is 0 Å². The van der Waals surface area contributed by atoms with Gasteiger partial charge in [0.2, 0.25) is 5.91 Å². The predicted octanol–water partition coefficient (Wildman–Crippen LogP) is 2.40. The van der Waals surface area contributed by atoms with Crippen LogP contribution in [0.15, 0.2) is 35.3 Å². The van der Waals surface area contributed by atoms with Gasteiger partial charge in [-0.1, -0.05) is 18.2 Å². The van der Waals surface area contributed by atoms with E-state index in [4.69, 9.17) is 0 Å². The lowest BCUT2D eigenvalue weighted by atomic mass is 10.2. The molecule has 6 nitrogen and oxygen atoms in total. The van der Waals surface area contributed by atoms with E-state index in [2.05, 4.69) is 51.3 Å². The van der Waals surface area contributed by atoms with Gasteiger partial charge in [-0.15, -0.1) is 24.0 Å². The number of hydrogen-bond acceptors (Lipinski definition) is 3. The van der Waals surface area contributed by atoms with Crippen molar-refractivity contribution in [2.24, 2.45) is 4.99 Å². The first-order valence-electron chi connectivity index (χ1n) is 9.89. The molecule has 1 aromatic carbocycles. The summed E-state index contributed by atoms with van der Waals surface area (Å²) in [5.41, 5.74) is 1.24. The number of anilines is 1. The minimum Gasteiger partial charge on any atom is -0.368 e. The molecule has 27 heavy (non-hydrogen) atoms. The zero-order valence-corrected chi connectivity index (χ0v) is 18.6. The highest BCUT2D eigenvalue weighted by atomic mass is 127. The lowest BCUT2D eigenvalue weighted by molar-refractivity contribution is -0.131. The molecule has 0 bridgehead atoms. The molecule has 0 unspecified atom stereocenters. The molecule has 3 rings (SSSR count). The van der Waals surface area contributed by atoms with Crippen LogP contribution in [0.4, 0.5) is 5.69 Å². The number of carbonyl (C=O) groups is 1. The highest BCUT2D eigenvalue weighted by Crippen LogP contribution is 2.16. The van der Waals surface area contributed by atoms with Crippen LogP contribution >= 0.6 is 24.0 Å². The summed E-state index contributed by atoms with van der Waals surface area (Å²) in [5, 5.41) is 3.35. The van der Waals surface area contributed by atoms with Crippen molar-refractivity contribution in [2.45, 2.75) is 26.2 Å². The van der Waals surface area contributed by atoms with Crippen molar-refractivity contribution in [2.75, 3.05) is 57.3 Å². The molecule has 1 amide bonds. The number of nitrogens with zero attached hydrogens (tertiary/aromatic N) is 4. The number of piperazine rings is 1. The molecule has 1 N–H and O–H groups in total. The molecule has 7 heteroatoms. The number of para-hydroxylation sites is 1. The molecular weight excluding hydrogens is 453 g/mol. The van der Waals surface area contributed by atoms with E-state index >= 15 is 0 Å². The number of benzene rings is 1. The number of guanidine groups is 1. The lowest BCUT2D eigenvalue weighted by Crippen LogP contribution is -2.49. The van der Waals surface area contributed by atoms with Gasteiger partial charge in [-0.2, -0.15) is 0 Å². The molecule has 150 valence electrons. The highest BCUT2D eigenvalue weighted by molar-refractivity contribution is 14.0. The maximum atomic E-state index is 12.5. The second kappa shape index (κ2) is 11.4. The normalized spacial score (nSPS) is 17.7. The summed E-state index contributed by atoms with van der Waals surface area (Å²) in [7, 11) is 0. The number of nitrogens with one attached hydrogen (secondary N) is 1. The molecule has 0 spiro atoms. The number of halogens is 1. The predicted molar refractivity (Wildman–Crippen MR) is 122 cm³/mol. The molecule has 2 fully saturated rings. The molecule has 0 aliphatic carbocycles. The summed E-state index contributed by atoms with van der Waals surface area (Å²) in [6.07, 6.45) is 2.96. The Kier molecular flexibility index (Phi) is 9.17. The SMILES string of the molecule is CCNC(=NCCC(=O)N1CCN(c2ccccc2)CC1)N1CCCC1.I. The van der Waals surface area contributed by atoms with Crippen molar-refractivity contribution in [1.82, 2.24) is 15.1 Å². The number of rotatable bonds is 5. The van der Waals surface area contributed by atoms with Crippen molar-refractivity contribution >= 4 is 41.5 Å². The number of hydrogen-bond donors (Lipinski definition) is 1. The monoisotopic (exact) mass is 485 g/mol. The van der Waals surface area contributed by atoms with Gasteiger partial charge in [0.05, 0.1) is 6.54 Å². The Bertz CT molecular complexity index is 596. The van der Waals surface area contributed by atoms with Crippen LogP contribution in [0.5, 0.6) is 0 Å². The summed E-state index contributed by atoms with van der Waals surface area (Å²) in [5.74, 6) is 1.19. The van der Waals surface area contributed by atoms with Gasteiger partial charge in [0.1, 0.15) is 0 Å². The Morgan fingerprint density at radius 2 is 1.67 bits per heavy atom. The third-order valence-electron chi connectivity index (χ3n) is 5.08. The molecule has 0 atom stereocenters. The smallest absolute Gasteiger partial charge is 0.224 e. The van der Waals surface area contributed by atoms with Crippen molar-refractivity contribution < 1.29 is 4.79 Å². The van der Waals surface area contributed by atoms with Crippen molar-refractivity contribution in [3.8, 4) is 0 Å². The minimum absolute atomic E-state index is 0. The Hall–Kier alpha value is -1.51. The third kappa shape index (κ3) is 6.26. The maximum absolute atomic E-state index is 12.5. The van der Waals surface area contributed by atoms with Gasteiger partial charge >= 0.3 is 0 Å². The topological polar surface area (TPSA) is 51.2 Å². The van der Waals surface area contributed by atoms with E-state index in [0.717, 1.165) is 51.8 Å². The first-order valence-corrected chi connectivity index (χ1v) is 9.89. The maximum Gasteiger partial charge on any atom is 0.224 e. The van der Waals surface area contributed by atoms with Crippen molar-refractivity contribution in [3.05, 3.63) is 30.3 Å². The van der Waals surface area contributed by atoms with Crippen LogP contribution in [0.1, 0.15) is 26.2 Å². The molecule has 2 heterocycles. The Balaban J connectivity index is 0.00000261. The molecule has 1 aromatic rings. The standard InChI is InChI=1S/C20H31N5O.HI/c1-2-21-20(25-12-6-7-13-25)22-11-10-19(26)24-16-14-23(15-17-24)18-8-4-3-5-9-18;/h3-5,8-9H,2,6-7,10-17H2,1H3,(H,21,22);1H. The first-order chi connectivity index (χ1) is 12.8. The van der Waals surface area contributed by atoms with E-state index < -0.39 is 0 Å². The zero-order chi connectivity index (χ0) is 18.2. The summed E-state index contributed by atoms with van der Waals surface area (Å²) in [6.45, 7) is 9.05. The van der Waals surface area contributed by atoms with Crippen LogP contribution in [-0.4, -0.2) is 74.0 Å². The second-order valence-electron chi connectivity index (χ2n) is 6.88.